The van der Waals surface area contributed by atoms with Crippen LogP contribution in [0.4, 0.5) is 0 Å². The molecule has 0 saturated carbocycles. The van der Waals surface area contributed by atoms with Crippen molar-refractivity contribution in [1.82, 2.24) is 4.98 Å². The summed E-state index contributed by atoms with van der Waals surface area (Å²) in [5, 5.41) is 0. The van der Waals surface area contributed by atoms with Gasteiger partial charge in [-0.25, -0.2) is 4.98 Å². The lowest BCUT2D eigenvalue weighted by molar-refractivity contribution is 0.110. The Morgan fingerprint density at radius 2 is 1.78 bits per heavy atom. The average Bonchev–Trinajstić information content (AvgIpc) is 3.02. The predicted octanol–water partition coefficient (Wildman–Crippen LogP) is 3.40. The molecule has 2 aromatic heterocycles. The van der Waals surface area contributed by atoms with Gasteiger partial charge in [0.05, 0.1) is 0 Å². The van der Waals surface area contributed by atoms with Gasteiger partial charge in [0.15, 0.2) is 17.6 Å². The molecular weight excluding hydrogens is 230 g/mol. The van der Waals surface area contributed by atoms with E-state index in [1.807, 2.05) is 24.3 Å². The fourth-order valence-corrected chi connectivity index (χ4v) is 1.64. The number of fused-ring (bicyclic) bond motifs is 1. The highest BCUT2D eigenvalue weighted by atomic mass is 16.4. The molecule has 0 atom stereocenters. The molecule has 0 N–H and O–H groups in total. The van der Waals surface area contributed by atoms with Crippen molar-refractivity contribution in [1.29, 1.82) is 0 Å². The highest BCUT2D eigenvalue weighted by Gasteiger charge is 2.02. The molecule has 88 valence electrons. The van der Waals surface area contributed by atoms with Crippen LogP contribution in [-0.2, 0) is 0 Å². The van der Waals surface area contributed by atoms with Crippen LogP contribution in [0.2, 0.25) is 0 Å². The SMILES string of the molecule is O=Cc1ccc(/C=C/c2nc3ccccc3o2)o1. The first-order chi connectivity index (χ1) is 8.85. The Bertz CT molecular complexity index is 688. The third-order valence-electron chi connectivity index (χ3n) is 2.46. The molecule has 1 aromatic carbocycles. The molecule has 0 amide bonds. The normalized spacial score (nSPS) is 11.3. The lowest BCUT2D eigenvalue weighted by Crippen LogP contribution is -1.70. The summed E-state index contributed by atoms with van der Waals surface area (Å²) in [5.74, 6) is 1.38. The van der Waals surface area contributed by atoms with Gasteiger partial charge in [0.1, 0.15) is 11.3 Å². The predicted molar refractivity (Wildman–Crippen MR) is 67.0 cm³/mol. The maximum absolute atomic E-state index is 10.5. The van der Waals surface area contributed by atoms with Crippen molar-refractivity contribution in [2.75, 3.05) is 0 Å². The molecule has 3 aromatic rings. The third-order valence-corrected chi connectivity index (χ3v) is 2.46. The van der Waals surface area contributed by atoms with Crippen molar-refractivity contribution >= 4 is 29.5 Å². The maximum atomic E-state index is 10.5. The Hall–Kier alpha value is -2.62. The number of rotatable bonds is 3. The van der Waals surface area contributed by atoms with Gasteiger partial charge in [-0.3, -0.25) is 4.79 Å². The summed E-state index contributed by atoms with van der Waals surface area (Å²) < 4.78 is 10.7. The summed E-state index contributed by atoms with van der Waals surface area (Å²) in [7, 11) is 0. The molecule has 4 heteroatoms. The van der Waals surface area contributed by atoms with Gasteiger partial charge < -0.3 is 8.83 Å². The zero-order valence-electron chi connectivity index (χ0n) is 9.37. The Morgan fingerprint density at radius 3 is 2.56 bits per heavy atom. The van der Waals surface area contributed by atoms with Crippen molar-refractivity contribution in [3.63, 3.8) is 0 Å². The molecule has 0 aliphatic heterocycles. The summed E-state index contributed by atoms with van der Waals surface area (Å²) in [4.78, 5) is 14.8. The van der Waals surface area contributed by atoms with Crippen molar-refractivity contribution in [2.24, 2.45) is 0 Å². The molecule has 0 unspecified atom stereocenters. The number of nitrogens with zero attached hydrogens (tertiary/aromatic N) is 1. The van der Waals surface area contributed by atoms with E-state index in [4.69, 9.17) is 8.83 Å². The van der Waals surface area contributed by atoms with Crippen molar-refractivity contribution in [3.8, 4) is 0 Å². The molecule has 4 nitrogen and oxygen atoms in total. The van der Waals surface area contributed by atoms with Crippen LogP contribution in [0, 0.1) is 0 Å². The van der Waals surface area contributed by atoms with Crippen LogP contribution in [0.5, 0.6) is 0 Å². The second-order valence-electron chi connectivity index (χ2n) is 3.71. The van der Waals surface area contributed by atoms with E-state index in [-0.39, 0.29) is 0 Å². The maximum Gasteiger partial charge on any atom is 0.220 e. The molecule has 0 aliphatic rings. The van der Waals surface area contributed by atoms with Crippen LogP contribution < -0.4 is 0 Å². The van der Waals surface area contributed by atoms with E-state index in [1.54, 1.807) is 24.3 Å². The summed E-state index contributed by atoms with van der Waals surface area (Å²) in [6.45, 7) is 0. The van der Waals surface area contributed by atoms with E-state index in [0.717, 1.165) is 11.1 Å². The Morgan fingerprint density at radius 1 is 0.944 bits per heavy atom. The van der Waals surface area contributed by atoms with Gasteiger partial charge in [-0.15, -0.1) is 0 Å². The largest absolute Gasteiger partial charge is 0.454 e. The fraction of sp³-hybridized carbons (Fsp3) is 0. The third kappa shape index (κ3) is 1.96. The second kappa shape index (κ2) is 4.33. The summed E-state index contributed by atoms with van der Waals surface area (Å²) in [6.07, 6.45) is 4.07. The van der Waals surface area contributed by atoms with Gasteiger partial charge in [-0.1, -0.05) is 12.1 Å². The lowest BCUT2D eigenvalue weighted by atomic mass is 10.3. The van der Waals surface area contributed by atoms with Gasteiger partial charge >= 0.3 is 0 Å². The first kappa shape index (κ1) is 10.5. The number of aromatic nitrogens is 1. The van der Waals surface area contributed by atoms with E-state index in [0.29, 0.717) is 23.7 Å². The number of oxazole rings is 1. The topological polar surface area (TPSA) is 56.2 Å². The zero-order valence-corrected chi connectivity index (χ0v) is 9.37. The van der Waals surface area contributed by atoms with Gasteiger partial charge in [0, 0.05) is 6.08 Å². The number of carbonyl (C=O) groups excluding carboxylic acids is 1. The van der Waals surface area contributed by atoms with Crippen molar-refractivity contribution < 1.29 is 13.6 Å². The molecule has 0 spiro atoms. The van der Waals surface area contributed by atoms with Crippen LogP contribution >= 0.6 is 0 Å². The highest BCUT2D eigenvalue weighted by molar-refractivity contribution is 5.76. The van der Waals surface area contributed by atoms with E-state index in [1.165, 1.54) is 0 Å². The van der Waals surface area contributed by atoms with E-state index in [2.05, 4.69) is 4.98 Å². The van der Waals surface area contributed by atoms with Crippen molar-refractivity contribution in [3.05, 3.63) is 53.8 Å². The lowest BCUT2D eigenvalue weighted by Gasteiger charge is -1.83. The van der Waals surface area contributed by atoms with Gasteiger partial charge in [-0.2, -0.15) is 0 Å². The Balaban J connectivity index is 1.89. The Labute approximate surface area is 103 Å². The minimum Gasteiger partial charge on any atom is -0.454 e. The number of para-hydroxylation sites is 2. The van der Waals surface area contributed by atoms with Gasteiger partial charge in [0.2, 0.25) is 5.89 Å². The number of carbonyl (C=O) groups is 1. The van der Waals surface area contributed by atoms with Crippen LogP contribution in [0.15, 0.2) is 45.2 Å². The molecule has 3 rings (SSSR count). The number of benzene rings is 1. The molecule has 0 saturated heterocycles. The minimum atomic E-state index is 0.298. The molecular formula is C14H9NO3. The highest BCUT2D eigenvalue weighted by Crippen LogP contribution is 2.17. The van der Waals surface area contributed by atoms with Gasteiger partial charge in [-0.05, 0) is 30.3 Å². The van der Waals surface area contributed by atoms with Crippen LogP contribution in [0.25, 0.3) is 23.3 Å². The first-order valence-corrected chi connectivity index (χ1v) is 5.44. The summed E-state index contributed by atoms with van der Waals surface area (Å²) >= 11 is 0. The standard InChI is InChI=1S/C14H9NO3/c16-9-11-6-5-10(17-11)7-8-14-15-12-3-1-2-4-13(12)18-14/h1-9H/b8-7+. The van der Waals surface area contributed by atoms with Crippen LogP contribution in [0.1, 0.15) is 22.2 Å². The summed E-state index contributed by atoms with van der Waals surface area (Å²) in [6, 6.07) is 10.9. The zero-order chi connectivity index (χ0) is 12.4. The molecule has 0 fully saturated rings. The quantitative estimate of drug-likeness (QED) is 0.657. The number of aldehydes is 1. The number of hydrogen-bond donors (Lipinski definition) is 0. The van der Waals surface area contributed by atoms with E-state index < -0.39 is 0 Å². The van der Waals surface area contributed by atoms with E-state index >= 15 is 0 Å². The summed E-state index contributed by atoms with van der Waals surface area (Å²) in [5.41, 5.74) is 1.55. The average molecular weight is 239 g/mol. The van der Waals surface area contributed by atoms with Crippen LogP contribution in [0.3, 0.4) is 0 Å². The first-order valence-electron chi connectivity index (χ1n) is 5.44. The molecule has 0 bridgehead atoms. The Kier molecular flexibility index (Phi) is 2.53. The second-order valence-corrected chi connectivity index (χ2v) is 3.71. The smallest absolute Gasteiger partial charge is 0.220 e. The monoisotopic (exact) mass is 239 g/mol. The van der Waals surface area contributed by atoms with E-state index in [9.17, 15) is 4.79 Å². The fourth-order valence-electron chi connectivity index (χ4n) is 1.64. The molecule has 0 aliphatic carbocycles. The molecule has 0 radical (unpaired) electrons. The number of hydrogen-bond acceptors (Lipinski definition) is 4. The number of furan rings is 1. The molecule has 2 heterocycles. The minimum absolute atomic E-state index is 0.298. The van der Waals surface area contributed by atoms with Crippen molar-refractivity contribution in [2.45, 2.75) is 0 Å². The van der Waals surface area contributed by atoms with Gasteiger partial charge in [0.25, 0.3) is 0 Å². The van der Waals surface area contributed by atoms with Crippen LogP contribution in [-0.4, -0.2) is 11.3 Å². The molecule has 18 heavy (non-hydrogen) atoms.